The summed E-state index contributed by atoms with van der Waals surface area (Å²) in [5.41, 5.74) is 8.85. The summed E-state index contributed by atoms with van der Waals surface area (Å²) in [6.07, 6.45) is 4.16. The van der Waals surface area contributed by atoms with Crippen LogP contribution in [-0.2, 0) is 0 Å². The number of nitrogen functional groups attached to an aromatic ring is 1. The first-order chi connectivity index (χ1) is 6.86. The van der Waals surface area contributed by atoms with E-state index in [2.05, 4.69) is 16.3 Å². The molecular weight excluding hydrogens is 174 g/mol. The van der Waals surface area contributed by atoms with Crippen molar-refractivity contribution >= 4 is 16.6 Å². The highest BCUT2D eigenvalue weighted by atomic mass is 15.1. The Morgan fingerprint density at radius 2 is 2.14 bits per heavy atom. The number of hydrogen-bond acceptors (Lipinski definition) is 3. The monoisotopic (exact) mass is 185 g/mol. The van der Waals surface area contributed by atoms with Crippen molar-refractivity contribution < 1.29 is 0 Å². The highest BCUT2D eigenvalue weighted by Crippen LogP contribution is 2.42. The molecule has 0 radical (unpaired) electrons. The Morgan fingerprint density at radius 1 is 1.29 bits per heavy atom. The Labute approximate surface area is 81.9 Å². The van der Waals surface area contributed by atoms with Crippen molar-refractivity contribution in [1.82, 2.24) is 10.2 Å². The van der Waals surface area contributed by atoms with Gasteiger partial charge in [-0.2, -0.15) is 10.2 Å². The van der Waals surface area contributed by atoms with E-state index in [0.717, 1.165) is 16.6 Å². The number of anilines is 1. The van der Waals surface area contributed by atoms with Gasteiger partial charge in [0, 0.05) is 5.39 Å². The molecule has 1 fully saturated rings. The van der Waals surface area contributed by atoms with Crippen molar-refractivity contribution in [2.45, 2.75) is 18.8 Å². The summed E-state index contributed by atoms with van der Waals surface area (Å²) < 4.78 is 0. The lowest BCUT2D eigenvalue weighted by atomic mass is 10.1. The largest absolute Gasteiger partial charge is 0.397 e. The Balaban J connectivity index is 2.35. The van der Waals surface area contributed by atoms with E-state index in [-0.39, 0.29) is 0 Å². The third-order valence-corrected chi connectivity index (χ3v) is 2.75. The van der Waals surface area contributed by atoms with Crippen LogP contribution in [-0.4, -0.2) is 10.2 Å². The van der Waals surface area contributed by atoms with E-state index in [1.807, 2.05) is 12.1 Å². The molecule has 2 aromatic rings. The summed E-state index contributed by atoms with van der Waals surface area (Å²) in [6, 6.07) is 6.19. The molecule has 1 aromatic carbocycles. The van der Waals surface area contributed by atoms with Crippen molar-refractivity contribution in [3.05, 3.63) is 30.0 Å². The summed E-state index contributed by atoms with van der Waals surface area (Å²) in [4.78, 5) is 0. The maximum atomic E-state index is 5.84. The predicted octanol–water partition coefficient (Wildman–Crippen LogP) is 2.09. The molecule has 0 atom stereocenters. The average molecular weight is 185 g/mol. The molecule has 1 saturated carbocycles. The number of nitrogens with two attached hydrogens (primary N) is 1. The molecule has 0 aliphatic heterocycles. The second kappa shape index (κ2) is 2.67. The minimum absolute atomic E-state index is 0.690. The van der Waals surface area contributed by atoms with E-state index in [9.17, 15) is 0 Å². The molecule has 0 spiro atoms. The molecule has 70 valence electrons. The van der Waals surface area contributed by atoms with E-state index in [0.29, 0.717) is 5.92 Å². The van der Waals surface area contributed by atoms with Gasteiger partial charge in [0.15, 0.2) is 0 Å². The van der Waals surface area contributed by atoms with Crippen molar-refractivity contribution in [2.24, 2.45) is 0 Å². The minimum atomic E-state index is 0.690. The topological polar surface area (TPSA) is 51.8 Å². The minimum Gasteiger partial charge on any atom is -0.397 e. The SMILES string of the molecule is Nc1cnnc2c(C3CC3)cccc12. The van der Waals surface area contributed by atoms with Crippen LogP contribution in [0.5, 0.6) is 0 Å². The van der Waals surface area contributed by atoms with Gasteiger partial charge in [-0.25, -0.2) is 0 Å². The van der Waals surface area contributed by atoms with Gasteiger partial charge < -0.3 is 5.73 Å². The summed E-state index contributed by atoms with van der Waals surface area (Å²) in [7, 11) is 0. The maximum Gasteiger partial charge on any atom is 0.0985 e. The van der Waals surface area contributed by atoms with Gasteiger partial charge in [0.25, 0.3) is 0 Å². The van der Waals surface area contributed by atoms with Crippen molar-refractivity contribution in [3.63, 3.8) is 0 Å². The lowest BCUT2D eigenvalue weighted by Gasteiger charge is -2.04. The highest BCUT2D eigenvalue weighted by molar-refractivity contribution is 5.91. The first-order valence-corrected chi connectivity index (χ1v) is 4.86. The molecule has 1 aromatic heterocycles. The Bertz CT molecular complexity index is 489. The molecule has 1 aliphatic carbocycles. The zero-order chi connectivity index (χ0) is 9.54. The molecule has 0 saturated heterocycles. The van der Waals surface area contributed by atoms with Gasteiger partial charge in [-0.3, -0.25) is 0 Å². The van der Waals surface area contributed by atoms with Crippen LogP contribution in [0, 0.1) is 0 Å². The average Bonchev–Trinajstić information content (AvgIpc) is 3.01. The molecule has 0 bridgehead atoms. The lowest BCUT2D eigenvalue weighted by Crippen LogP contribution is -1.94. The summed E-state index contributed by atoms with van der Waals surface area (Å²) in [5, 5.41) is 9.11. The Morgan fingerprint density at radius 3 is 2.93 bits per heavy atom. The summed E-state index contributed by atoms with van der Waals surface area (Å²) >= 11 is 0. The fourth-order valence-corrected chi connectivity index (χ4v) is 1.85. The third kappa shape index (κ3) is 1.05. The van der Waals surface area contributed by atoms with Gasteiger partial charge in [0.1, 0.15) is 0 Å². The van der Waals surface area contributed by atoms with Crippen molar-refractivity contribution in [3.8, 4) is 0 Å². The van der Waals surface area contributed by atoms with Crippen LogP contribution in [0.4, 0.5) is 5.69 Å². The van der Waals surface area contributed by atoms with Gasteiger partial charge in [0.05, 0.1) is 17.4 Å². The van der Waals surface area contributed by atoms with Gasteiger partial charge in [-0.05, 0) is 24.3 Å². The van der Waals surface area contributed by atoms with Crippen LogP contribution in [0.25, 0.3) is 10.9 Å². The molecular formula is C11H11N3. The smallest absolute Gasteiger partial charge is 0.0985 e. The van der Waals surface area contributed by atoms with Crippen LogP contribution in [0.1, 0.15) is 24.3 Å². The summed E-state index contributed by atoms with van der Waals surface area (Å²) in [5.74, 6) is 0.690. The van der Waals surface area contributed by atoms with E-state index < -0.39 is 0 Å². The van der Waals surface area contributed by atoms with E-state index in [4.69, 9.17) is 5.73 Å². The Kier molecular flexibility index (Phi) is 1.48. The number of nitrogens with zero attached hydrogens (tertiary/aromatic N) is 2. The third-order valence-electron chi connectivity index (χ3n) is 2.75. The molecule has 14 heavy (non-hydrogen) atoms. The summed E-state index contributed by atoms with van der Waals surface area (Å²) in [6.45, 7) is 0. The molecule has 0 unspecified atom stereocenters. The quantitative estimate of drug-likeness (QED) is 0.740. The van der Waals surface area contributed by atoms with Crippen LogP contribution < -0.4 is 5.73 Å². The first-order valence-electron chi connectivity index (χ1n) is 4.86. The lowest BCUT2D eigenvalue weighted by molar-refractivity contribution is 1.05. The van der Waals surface area contributed by atoms with Gasteiger partial charge in [-0.15, -0.1) is 0 Å². The number of benzene rings is 1. The highest BCUT2D eigenvalue weighted by Gasteiger charge is 2.25. The number of aromatic nitrogens is 2. The zero-order valence-electron chi connectivity index (χ0n) is 7.77. The fraction of sp³-hybridized carbons (Fsp3) is 0.273. The van der Waals surface area contributed by atoms with Crippen LogP contribution in [0.2, 0.25) is 0 Å². The van der Waals surface area contributed by atoms with E-state index in [1.165, 1.54) is 18.4 Å². The van der Waals surface area contributed by atoms with E-state index in [1.54, 1.807) is 6.20 Å². The van der Waals surface area contributed by atoms with Crippen LogP contribution >= 0.6 is 0 Å². The van der Waals surface area contributed by atoms with Crippen molar-refractivity contribution in [2.75, 3.05) is 5.73 Å². The molecule has 3 nitrogen and oxygen atoms in total. The number of rotatable bonds is 1. The van der Waals surface area contributed by atoms with Gasteiger partial charge in [0.2, 0.25) is 0 Å². The molecule has 1 aliphatic rings. The normalized spacial score (nSPS) is 16.0. The zero-order valence-corrected chi connectivity index (χ0v) is 7.77. The maximum absolute atomic E-state index is 5.84. The van der Waals surface area contributed by atoms with Gasteiger partial charge >= 0.3 is 0 Å². The van der Waals surface area contributed by atoms with Crippen molar-refractivity contribution in [1.29, 1.82) is 0 Å². The van der Waals surface area contributed by atoms with Crippen LogP contribution in [0.3, 0.4) is 0 Å². The van der Waals surface area contributed by atoms with Crippen LogP contribution in [0.15, 0.2) is 24.4 Å². The first kappa shape index (κ1) is 7.74. The second-order valence-electron chi connectivity index (χ2n) is 3.82. The number of fused-ring (bicyclic) bond motifs is 1. The molecule has 3 heteroatoms. The number of hydrogen-bond donors (Lipinski definition) is 1. The molecule has 1 heterocycles. The second-order valence-corrected chi connectivity index (χ2v) is 3.82. The molecule has 2 N–H and O–H groups in total. The van der Waals surface area contributed by atoms with Gasteiger partial charge in [-0.1, -0.05) is 18.2 Å². The van der Waals surface area contributed by atoms with E-state index >= 15 is 0 Å². The Hall–Kier alpha value is -1.64. The standard InChI is InChI=1S/C11H11N3/c12-10-6-13-14-11-8(7-4-5-7)2-1-3-9(10)11/h1-3,6-7H,4-5H2,(H2,12,14). The fourth-order valence-electron chi connectivity index (χ4n) is 1.85. The molecule has 3 rings (SSSR count). The predicted molar refractivity (Wildman–Crippen MR) is 55.9 cm³/mol. The molecule has 0 amide bonds.